The minimum Gasteiger partial charge on any atom is -0.480 e. The van der Waals surface area contributed by atoms with Crippen molar-refractivity contribution >= 4 is 5.97 Å². The number of carbonyl (C=O) groups is 1. The van der Waals surface area contributed by atoms with Gasteiger partial charge in [-0.2, -0.15) is 0 Å². The van der Waals surface area contributed by atoms with Crippen molar-refractivity contribution in [3.63, 3.8) is 0 Å². The van der Waals surface area contributed by atoms with Crippen LogP contribution in [0.1, 0.15) is 39.0 Å². The second kappa shape index (κ2) is 6.53. The molecule has 0 bridgehead atoms. The smallest absolute Gasteiger partial charge is 0.317 e. The Morgan fingerprint density at radius 3 is 2.72 bits per heavy atom. The molecule has 0 radical (unpaired) electrons. The molecule has 1 aliphatic carbocycles. The van der Waals surface area contributed by atoms with Crippen molar-refractivity contribution in [1.82, 2.24) is 9.80 Å². The van der Waals surface area contributed by atoms with Gasteiger partial charge in [0.1, 0.15) is 0 Å². The lowest BCUT2D eigenvalue weighted by Crippen LogP contribution is -2.41. The van der Waals surface area contributed by atoms with Gasteiger partial charge in [0, 0.05) is 25.7 Å². The van der Waals surface area contributed by atoms with E-state index in [0.717, 1.165) is 44.6 Å². The van der Waals surface area contributed by atoms with Crippen LogP contribution < -0.4 is 0 Å². The predicted octanol–water partition coefficient (Wildman–Crippen LogP) is 1.66. The molecule has 2 unspecified atom stereocenters. The van der Waals surface area contributed by atoms with Gasteiger partial charge in [-0.3, -0.25) is 14.6 Å². The zero-order chi connectivity index (χ0) is 13.0. The zero-order valence-electron chi connectivity index (χ0n) is 11.5. The van der Waals surface area contributed by atoms with E-state index in [2.05, 4.69) is 16.7 Å². The third kappa shape index (κ3) is 3.95. The maximum absolute atomic E-state index is 10.8. The lowest BCUT2D eigenvalue weighted by molar-refractivity contribution is -0.138. The van der Waals surface area contributed by atoms with Gasteiger partial charge in [-0.15, -0.1) is 0 Å². The number of hydrogen-bond acceptors (Lipinski definition) is 3. The van der Waals surface area contributed by atoms with E-state index in [1.54, 1.807) is 0 Å². The van der Waals surface area contributed by atoms with E-state index in [4.69, 9.17) is 5.11 Å². The predicted molar refractivity (Wildman–Crippen MR) is 71.7 cm³/mol. The number of aliphatic carboxylic acids is 1. The summed E-state index contributed by atoms with van der Waals surface area (Å²) in [6.07, 6.45) is 6.52. The van der Waals surface area contributed by atoms with Crippen molar-refractivity contribution < 1.29 is 9.90 Å². The Balaban J connectivity index is 1.82. The van der Waals surface area contributed by atoms with E-state index in [9.17, 15) is 4.79 Å². The number of carboxylic acid groups (broad SMARTS) is 1. The molecule has 0 amide bonds. The summed E-state index contributed by atoms with van der Waals surface area (Å²) in [4.78, 5) is 15.4. The molecule has 2 fully saturated rings. The highest BCUT2D eigenvalue weighted by atomic mass is 16.4. The summed E-state index contributed by atoms with van der Waals surface area (Å²) in [6.45, 7) is 6.61. The van der Waals surface area contributed by atoms with E-state index in [0.29, 0.717) is 0 Å². The molecule has 2 atom stereocenters. The van der Waals surface area contributed by atoms with Gasteiger partial charge in [-0.25, -0.2) is 0 Å². The first-order valence-corrected chi connectivity index (χ1v) is 7.33. The fraction of sp³-hybridized carbons (Fsp3) is 0.929. The Bertz CT molecular complexity index is 283. The Hall–Kier alpha value is -0.610. The average molecular weight is 254 g/mol. The van der Waals surface area contributed by atoms with Crippen molar-refractivity contribution in [2.45, 2.75) is 45.1 Å². The van der Waals surface area contributed by atoms with Crippen LogP contribution in [-0.4, -0.2) is 59.6 Å². The first-order chi connectivity index (χ1) is 8.65. The molecule has 0 aromatic heterocycles. The van der Waals surface area contributed by atoms with Crippen LogP contribution in [0.2, 0.25) is 0 Å². The molecule has 1 saturated carbocycles. The second-order valence-electron chi connectivity index (χ2n) is 5.99. The van der Waals surface area contributed by atoms with Gasteiger partial charge < -0.3 is 5.11 Å². The lowest BCUT2D eigenvalue weighted by Gasteiger charge is -2.36. The van der Waals surface area contributed by atoms with Crippen LogP contribution in [0.3, 0.4) is 0 Å². The molecule has 2 rings (SSSR count). The van der Waals surface area contributed by atoms with Gasteiger partial charge in [0.05, 0.1) is 6.54 Å². The van der Waals surface area contributed by atoms with E-state index >= 15 is 0 Å². The maximum Gasteiger partial charge on any atom is 0.317 e. The van der Waals surface area contributed by atoms with Crippen LogP contribution in [0, 0.1) is 5.92 Å². The summed E-state index contributed by atoms with van der Waals surface area (Å²) in [5.74, 6) is 0.164. The van der Waals surface area contributed by atoms with Gasteiger partial charge in [0.25, 0.3) is 0 Å². The minimum atomic E-state index is -0.699. The summed E-state index contributed by atoms with van der Waals surface area (Å²) in [6, 6.07) is 0.749. The van der Waals surface area contributed by atoms with Crippen LogP contribution in [-0.2, 0) is 4.79 Å². The van der Waals surface area contributed by atoms with Crippen LogP contribution >= 0.6 is 0 Å². The first kappa shape index (κ1) is 13.8. The van der Waals surface area contributed by atoms with E-state index < -0.39 is 5.97 Å². The molecule has 1 heterocycles. The summed E-state index contributed by atoms with van der Waals surface area (Å²) in [7, 11) is 0. The molecule has 2 aliphatic rings. The topological polar surface area (TPSA) is 43.8 Å². The molecular weight excluding hydrogens is 228 g/mol. The van der Waals surface area contributed by atoms with Gasteiger partial charge >= 0.3 is 5.97 Å². The van der Waals surface area contributed by atoms with Gasteiger partial charge in [-0.05, 0) is 31.7 Å². The third-order valence-electron chi connectivity index (χ3n) is 4.41. The van der Waals surface area contributed by atoms with Crippen molar-refractivity contribution in [2.75, 3.05) is 32.7 Å². The Morgan fingerprint density at radius 2 is 2.00 bits per heavy atom. The zero-order valence-corrected chi connectivity index (χ0v) is 11.5. The molecule has 18 heavy (non-hydrogen) atoms. The number of rotatable bonds is 3. The molecule has 1 aliphatic heterocycles. The summed E-state index contributed by atoms with van der Waals surface area (Å²) in [5.41, 5.74) is 0. The van der Waals surface area contributed by atoms with Gasteiger partial charge in [0.2, 0.25) is 0 Å². The number of nitrogens with zero attached hydrogens (tertiary/aromatic N) is 2. The molecule has 4 heteroatoms. The maximum atomic E-state index is 10.8. The molecule has 0 aromatic rings. The van der Waals surface area contributed by atoms with Gasteiger partial charge in [0.15, 0.2) is 0 Å². The fourth-order valence-electron chi connectivity index (χ4n) is 3.44. The molecule has 4 nitrogen and oxygen atoms in total. The Kier molecular flexibility index (Phi) is 5.01. The largest absolute Gasteiger partial charge is 0.480 e. The van der Waals surface area contributed by atoms with Crippen LogP contribution in [0.5, 0.6) is 0 Å². The molecule has 1 N–H and O–H groups in total. The molecule has 0 spiro atoms. The highest BCUT2D eigenvalue weighted by molar-refractivity contribution is 5.69. The van der Waals surface area contributed by atoms with Crippen molar-refractivity contribution in [2.24, 2.45) is 5.92 Å². The van der Waals surface area contributed by atoms with Crippen molar-refractivity contribution in [1.29, 1.82) is 0 Å². The number of hydrogen-bond donors (Lipinski definition) is 1. The minimum absolute atomic E-state index is 0.203. The first-order valence-electron chi connectivity index (χ1n) is 7.33. The third-order valence-corrected chi connectivity index (χ3v) is 4.41. The summed E-state index contributed by atoms with van der Waals surface area (Å²) < 4.78 is 0. The SMILES string of the molecule is CC1CCCC(N2CCCN(CC(=O)O)CC2)C1. The van der Waals surface area contributed by atoms with Crippen LogP contribution in [0.15, 0.2) is 0 Å². The normalized spacial score (nSPS) is 32.1. The van der Waals surface area contributed by atoms with Gasteiger partial charge in [-0.1, -0.05) is 19.8 Å². The Labute approximate surface area is 110 Å². The molecule has 104 valence electrons. The van der Waals surface area contributed by atoms with Crippen molar-refractivity contribution in [3.8, 4) is 0 Å². The fourth-order valence-corrected chi connectivity index (χ4v) is 3.44. The molecular formula is C14H26N2O2. The second-order valence-corrected chi connectivity index (χ2v) is 5.99. The van der Waals surface area contributed by atoms with E-state index in [-0.39, 0.29) is 6.54 Å². The lowest BCUT2D eigenvalue weighted by atomic mass is 9.86. The van der Waals surface area contributed by atoms with E-state index in [1.807, 2.05) is 0 Å². The van der Waals surface area contributed by atoms with Crippen LogP contribution in [0.4, 0.5) is 0 Å². The average Bonchev–Trinajstić information content (AvgIpc) is 2.54. The highest BCUT2D eigenvalue weighted by Crippen LogP contribution is 2.27. The quantitative estimate of drug-likeness (QED) is 0.832. The summed E-state index contributed by atoms with van der Waals surface area (Å²) >= 11 is 0. The summed E-state index contributed by atoms with van der Waals surface area (Å²) in [5, 5.41) is 8.85. The van der Waals surface area contributed by atoms with Crippen molar-refractivity contribution in [3.05, 3.63) is 0 Å². The Morgan fingerprint density at radius 1 is 1.17 bits per heavy atom. The monoisotopic (exact) mass is 254 g/mol. The highest BCUT2D eigenvalue weighted by Gasteiger charge is 2.26. The molecule has 0 aromatic carbocycles. The molecule has 1 saturated heterocycles. The number of carboxylic acids is 1. The standard InChI is InChI=1S/C14H26N2O2/c1-12-4-2-5-13(10-12)16-7-3-6-15(8-9-16)11-14(17)18/h12-13H,2-11H2,1H3,(H,17,18). The van der Waals surface area contributed by atoms with Crippen LogP contribution in [0.25, 0.3) is 0 Å². The van der Waals surface area contributed by atoms with E-state index in [1.165, 1.54) is 25.7 Å².